The third kappa shape index (κ3) is 8.85. The van der Waals surface area contributed by atoms with Crippen LogP contribution in [0.15, 0.2) is 42.0 Å². The van der Waals surface area contributed by atoms with Crippen LogP contribution < -0.4 is 9.47 Å². The largest absolute Gasteiger partial charge is 0.481 e. The first-order valence-corrected chi connectivity index (χ1v) is 16.4. The molecule has 1 fully saturated rings. The van der Waals surface area contributed by atoms with Gasteiger partial charge in [-0.2, -0.15) is 0 Å². The van der Waals surface area contributed by atoms with Crippen LogP contribution in [0, 0.1) is 11.8 Å². The summed E-state index contributed by atoms with van der Waals surface area (Å²) in [6.07, 6.45) is 14.5. The number of amides is 1. The Morgan fingerprint density at radius 3 is 2.51 bits per heavy atom. The number of ether oxygens (including phenoxy) is 2. The molecule has 1 N–H and O–H groups in total. The number of carboxylic acids is 1. The van der Waals surface area contributed by atoms with Crippen molar-refractivity contribution in [2.24, 2.45) is 11.8 Å². The summed E-state index contributed by atoms with van der Waals surface area (Å²) in [6, 6.07) is 5.56. The van der Waals surface area contributed by atoms with Crippen molar-refractivity contribution in [1.29, 1.82) is 0 Å². The zero-order valence-corrected chi connectivity index (χ0v) is 27.1. The third-order valence-corrected chi connectivity index (χ3v) is 9.30. The van der Waals surface area contributed by atoms with E-state index in [2.05, 4.69) is 58.1 Å². The van der Waals surface area contributed by atoms with Crippen molar-refractivity contribution in [1.82, 2.24) is 9.80 Å². The topological polar surface area (TPSA) is 79.3 Å². The third-order valence-electron chi connectivity index (χ3n) is 9.30. The lowest BCUT2D eigenvalue weighted by atomic mass is 9.82. The minimum Gasteiger partial charge on any atom is -0.481 e. The molecule has 1 aliphatic carbocycles. The van der Waals surface area contributed by atoms with Crippen molar-refractivity contribution in [2.45, 2.75) is 77.2 Å². The molecule has 238 valence electrons. The van der Waals surface area contributed by atoms with Crippen molar-refractivity contribution in [3.63, 3.8) is 0 Å². The van der Waals surface area contributed by atoms with Crippen molar-refractivity contribution in [3.05, 3.63) is 47.6 Å². The standard InChI is InChI=1S/C35H53N3O5/c1-6-8-19-36(20-9-10-21-38(3,4)5)33(39)24-37-23-29(28-16-18-31-32(22-28)43-25-42-31)34(35(40)41)30(37)17-15-27-14-11-13-26(27)12-7-2/h11,13-14,16,18,22,26,29-30,34H,6-10,12,15,17,19-21,23-25H2,1-5H3/p+1/t26?,29-,30+,34-/m1/s1. The Hall–Kier alpha value is -2.84. The average molecular weight is 597 g/mol. The van der Waals surface area contributed by atoms with Crippen LogP contribution in [-0.2, 0) is 9.59 Å². The lowest BCUT2D eigenvalue weighted by molar-refractivity contribution is -0.870. The van der Waals surface area contributed by atoms with Crippen LogP contribution in [0.5, 0.6) is 11.5 Å². The molecule has 2 heterocycles. The Labute approximate surface area is 258 Å². The summed E-state index contributed by atoms with van der Waals surface area (Å²) in [4.78, 5) is 31.0. The highest BCUT2D eigenvalue weighted by Gasteiger charge is 2.47. The number of fused-ring (bicyclic) bond motifs is 1. The summed E-state index contributed by atoms with van der Waals surface area (Å²) in [6.45, 7) is 7.91. The summed E-state index contributed by atoms with van der Waals surface area (Å²) in [5.74, 6) is 0.264. The molecular weight excluding hydrogens is 542 g/mol. The fourth-order valence-corrected chi connectivity index (χ4v) is 6.94. The first-order chi connectivity index (χ1) is 20.6. The molecule has 8 heteroatoms. The quantitative estimate of drug-likeness (QED) is 0.184. The summed E-state index contributed by atoms with van der Waals surface area (Å²) in [5, 5.41) is 10.6. The Morgan fingerprint density at radius 1 is 1.02 bits per heavy atom. The number of allylic oxidation sites excluding steroid dienone is 4. The van der Waals surface area contributed by atoms with Crippen molar-refractivity contribution < 1.29 is 28.7 Å². The molecule has 0 radical (unpaired) electrons. The Bertz CT molecular complexity index is 1160. The number of carbonyl (C=O) groups is 2. The maximum Gasteiger partial charge on any atom is 0.308 e. The molecule has 4 rings (SSSR count). The monoisotopic (exact) mass is 596 g/mol. The molecule has 0 spiro atoms. The van der Waals surface area contributed by atoms with Crippen molar-refractivity contribution >= 4 is 11.9 Å². The van der Waals surface area contributed by atoms with Gasteiger partial charge in [0.1, 0.15) is 0 Å². The number of benzene rings is 1. The highest BCUT2D eigenvalue weighted by Crippen LogP contribution is 2.43. The molecule has 1 unspecified atom stereocenters. The molecule has 1 amide bonds. The maximum absolute atomic E-state index is 13.9. The van der Waals surface area contributed by atoms with Gasteiger partial charge in [-0.3, -0.25) is 14.5 Å². The number of aliphatic carboxylic acids is 1. The molecule has 1 saturated heterocycles. The van der Waals surface area contributed by atoms with Gasteiger partial charge in [-0.15, -0.1) is 0 Å². The number of rotatable bonds is 17. The van der Waals surface area contributed by atoms with Gasteiger partial charge in [0, 0.05) is 31.6 Å². The summed E-state index contributed by atoms with van der Waals surface area (Å²) in [7, 11) is 6.60. The number of nitrogens with zero attached hydrogens (tertiary/aromatic N) is 3. The summed E-state index contributed by atoms with van der Waals surface area (Å²) in [5.41, 5.74) is 2.32. The molecular formula is C35H54N3O5+. The van der Waals surface area contributed by atoms with E-state index in [0.717, 1.165) is 81.0 Å². The lowest BCUT2D eigenvalue weighted by Crippen LogP contribution is -2.45. The number of carbonyl (C=O) groups excluding carboxylic acids is 1. The summed E-state index contributed by atoms with van der Waals surface area (Å²) < 4.78 is 12.1. The highest BCUT2D eigenvalue weighted by atomic mass is 16.7. The van der Waals surface area contributed by atoms with Gasteiger partial charge in [0.15, 0.2) is 11.5 Å². The van der Waals surface area contributed by atoms with Gasteiger partial charge in [0.05, 0.1) is 40.2 Å². The van der Waals surface area contributed by atoms with Crippen LogP contribution in [0.4, 0.5) is 0 Å². The number of quaternary nitrogens is 1. The predicted molar refractivity (Wildman–Crippen MR) is 170 cm³/mol. The first kappa shape index (κ1) is 33.1. The smallest absolute Gasteiger partial charge is 0.308 e. The molecule has 3 aliphatic rings. The van der Waals surface area contributed by atoms with E-state index >= 15 is 0 Å². The van der Waals surface area contributed by atoms with E-state index in [1.165, 1.54) is 5.57 Å². The Balaban J connectivity index is 1.54. The minimum atomic E-state index is -0.797. The van der Waals surface area contributed by atoms with Crippen molar-refractivity contribution in [3.8, 4) is 11.5 Å². The molecule has 1 aromatic carbocycles. The molecule has 0 bridgehead atoms. The maximum atomic E-state index is 13.9. The van der Waals surface area contributed by atoms with Crippen molar-refractivity contribution in [2.75, 3.05) is 60.7 Å². The van der Waals surface area contributed by atoms with Gasteiger partial charge in [0.25, 0.3) is 0 Å². The van der Waals surface area contributed by atoms with E-state index in [4.69, 9.17) is 9.47 Å². The average Bonchev–Trinajstić information content (AvgIpc) is 3.69. The number of carboxylic acid groups (broad SMARTS) is 1. The molecule has 0 saturated carbocycles. The fourth-order valence-electron chi connectivity index (χ4n) is 6.94. The van der Waals surface area contributed by atoms with Crippen LogP contribution >= 0.6 is 0 Å². The van der Waals surface area contributed by atoms with E-state index in [1.807, 2.05) is 23.1 Å². The van der Waals surface area contributed by atoms with Gasteiger partial charge in [-0.05, 0) is 62.1 Å². The molecule has 1 aromatic rings. The first-order valence-electron chi connectivity index (χ1n) is 16.4. The van der Waals surface area contributed by atoms with Gasteiger partial charge in [-0.25, -0.2) is 0 Å². The van der Waals surface area contributed by atoms with Crippen LogP contribution in [-0.4, -0.2) is 98.0 Å². The number of hydrogen-bond donors (Lipinski definition) is 1. The van der Waals surface area contributed by atoms with E-state index in [9.17, 15) is 14.7 Å². The normalized spacial score (nSPS) is 23.1. The van der Waals surface area contributed by atoms with E-state index in [-0.39, 0.29) is 31.2 Å². The van der Waals surface area contributed by atoms with Crippen LogP contribution in [0.3, 0.4) is 0 Å². The molecule has 43 heavy (non-hydrogen) atoms. The second-order valence-electron chi connectivity index (χ2n) is 13.6. The number of unbranched alkanes of at least 4 members (excludes halogenated alkanes) is 2. The van der Waals surface area contributed by atoms with Crippen LogP contribution in [0.25, 0.3) is 0 Å². The molecule has 8 nitrogen and oxygen atoms in total. The van der Waals surface area contributed by atoms with E-state index < -0.39 is 11.9 Å². The molecule has 2 aliphatic heterocycles. The fraction of sp³-hybridized carbons (Fsp3) is 0.657. The molecule has 4 atom stereocenters. The Morgan fingerprint density at radius 2 is 1.79 bits per heavy atom. The van der Waals surface area contributed by atoms with Gasteiger partial charge in [0.2, 0.25) is 12.7 Å². The Kier molecular flexibility index (Phi) is 11.7. The molecule has 0 aromatic heterocycles. The van der Waals surface area contributed by atoms with E-state index in [0.29, 0.717) is 24.0 Å². The zero-order chi connectivity index (χ0) is 31.0. The predicted octanol–water partition coefficient (Wildman–Crippen LogP) is 5.69. The van der Waals surface area contributed by atoms with Gasteiger partial charge >= 0.3 is 5.97 Å². The highest BCUT2D eigenvalue weighted by molar-refractivity contribution is 5.79. The second-order valence-corrected chi connectivity index (χ2v) is 13.6. The SMILES string of the molecule is CCCCN(CCCC[N+](C)(C)C)C(=O)CN1C[C@H](c2ccc3c(c2)OCO3)[C@@H](C(=O)O)[C@@H]1CCC1=CC=CC1CCC. The van der Waals surface area contributed by atoms with Gasteiger partial charge in [-0.1, -0.05) is 56.6 Å². The van der Waals surface area contributed by atoms with E-state index in [1.54, 1.807) is 0 Å². The number of hydrogen-bond acceptors (Lipinski definition) is 5. The summed E-state index contributed by atoms with van der Waals surface area (Å²) >= 11 is 0. The minimum absolute atomic E-state index is 0.116. The van der Waals surface area contributed by atoms with Gasteiger partial charge < -0.3 is 24.0 Å². The zero-order valence-electron chi connectivity index (χ0n) is 27.1. The van der Waals surface area contributed by atoms with Crippen LogP contribution in [0.2, 0.25) is 0 Å². The lowest BCUT2D eigenvalue weighted by Gasteiger charge is -2.30. The second kappa shape index (κ2) is 15.2. The number of likely N-dealkylation sites (tertiary alicyclic amines) is 1. The van der Waals surface area contributed by atoms with Crippen LogP contribution in [0.1, 0.15) is 76.7 Å².